The van der Waals surface area contributed by atoms with Crippen LogP contribution in [-0.4, -0.2) is 56.5 Å². The fraction of sp³-hybridized carbons (Fsp3) is 0.381. The molecule has 0 amide bonds. The SMILES string of the molecule is COc1ccc(-c2ccc(COC3CC(N=C=S)C3)nc2)nc1.O=C(O)CCC(=O)O. The summed E-state index contributed by atoms with van der Waals surface area (Å²) in [4.78, 5) is 32.1. The number of ether oxygens (including phenoxy) is 2. The lowest BCUT2D eigenvalue weighted by molar-refractivity contribution is -0.143. The summed E-state index contributed by atoms with van der Waals surface area (Å²) in [6.07, 6.45) is 4.99. The second-order valence-electron chi connectivity index (χ2n) is 6.69. The zero-order valence-electron chi connectivity index (χ0n) is 16.9. The molecule has 0 aliphatic heterocycles. The van der Waals surface area contributed by atoms with Gasteiger partial charge in [-0.05, 0) is 49.3 Å². The van der Waals surface area contributed by atoms with Gasteiger partial charge >= 0.3 is 11.9 Å². The number of carboxylic acid groups (broad SMARTS) is 2. The van der Waals surface area contributed by atoms with E-state index >= 15 is 0 Å². The van der Waals surface area contributed by atoms with Gasteiger partial charge in [-0.25, -0.2) is 4.99 Å². The molecule has 0 radical (unpaired) electrons. The number of aliphatic imine (C=N–C) groups is 1. The number of pyridine rings is 2. The molecule has 0 saturated heterocycles. The van der Waals surface area contributed by atoms with Gasteiger partial charge in [0.1, 0.15) is 5.75 Å². The Morgan fingerprint density at radius 3 is 2.32 bits per heavy atom. The molecule has 10 heteroatoms. The van der Waals surface area contributed by atoms with Crippen molar-refractivity contribution < 1.29 is 29.3 Å². The van der Waals surface area contributed by atoms with Crippen LogP contribution in [0.2, 0.25) is 0 Å². The van der Waals surface area contributed by atoms with Gasteiger partial charge in [-0.3, -0.25) is 19.6 Å². The van der Waals surface area contributed by atoms with E-state index in [9.17, 15) is 9.59 Å². The van der Waals surface area contributed by atoms with Crippen LogP contribution in [0.1, 0.15) is 31.4 Å². The van der Waals surface area contributed by atoms with Crippen LogP contribution in [0.5, 0.6) is 5.75 Å². The number of aliphatic carboxylic acids is 2. The van der Waals surface area contributed by atoms with E-state index in [4.69, 9.17) is 19.7 Å². The number of hydrogen-bond donors (Lipinski definition) is 2. The van der Waals surface area contributed by atoms with Crippen molar-refractivity contribution in [3.63, 3.8) is 0 Å². The average molecular weight is 445 g/mol. The monoisotopic (exact) mass is 445 g/mol. The first-order valence-electron chi connectivity index (χ1n) is 9.48. The molecule has 1 saturated carbocycles. The first-order chi connectivity index (χ1) is 14.9. The van der Waals surface area contributed by atoms with Gasteiger partial charge in [-0.1, -0.05) is 0 Å². The van der Waals surface area contributed by atoms with E-state index in [2.05, 4.69) is 32.3 Å². The van der Waals surface area contributed by atoms with Crippen LogP contribution < -0.4 is 4.74 Å². The third-order valence-corrected chi connectivity index (χ3v) is 4.52. The number of hydrogen-bond acceptors (Lipinski definition) is 8. The van der Waals surface area contributed by atoms with E-state index in [1.807, 2.05) is 30.5 Å². The van der Waals surface area contributed by atoms with Crippen LogP contribution in [0.4, 0.5) is 0 Å². The highest BCUT2D eigenvalue weighted by Crippen LogP contribution is 2.27. The number of methoxy groups -OCH3 is 1. The number of rotatable bonds is 9. The van der Waals surface area contributed by atoms with E-state index in [0.717, 1.165) is 35.5 Å². The molecule has 9 nitrogen and oxygen atoms in total. The Balaban J connectivity index is 0.000000366. The van der Waals surface area contributed by atoms with Crippen molar-refractivity contribution in [3.05, 3.63) is 42.4 Å². The minimum Gasteiger partial charge on any atom is -0.495 e. The standard InChI is InChI=1S/C17H17N3O2S.C4H6O4/c1-21-15-4-5-17(19-9-15)12-2-3-13(18-8-12)10-22-16-6-14(7-16)20-11-23;5-3(6)1-2-4(7)8/h2-5,8-9,14,16H,6-7,10H2,1H3;1-2H2,(H,5,6)(H,7,8). The lowest BCUT2D eigenvalue weighted by Crippen LogP contribution is -2.34. The lowest BCUT2D eigenvalue weighted by Gasteiger charge is -2.31. The second kappa shape index (κ2) is 12.5. The van der Waals surface area contributed by atoms with Crippen LogP contribution in [-0.2, 0) is 20.9 Å². The number of carbonyl (C=O) groups is 2. The Labute approximate surface area is 184 Å². The van der Waals surface area contributed by atoms with Gasteiger partial charge in [0.2, 0.25) is 0 Å². The molecule has 3 rings (SSSR count). The molecule has 2 heterocycles. The zero-order valence-corrected chi connectivity index (χ0v) is 17.7. The van der Waals surface area contributed by atoms with Gasteiger partial charge in [0, 0.05) is 11.8 Å². The van der Waals surface area contributed by atoms with Crippen molar-refractivity contribution in [2.45, 2.75) is 44.4 Å². The molecule has 2 aromatic rings. The average Bonchev–Trinajstić information content (AvgIpc) is 2.75. The van der Waals surface area contributed by atoms with Crippen LogP contribution in [0, 0.1) is 0 Å². The predicted molar refractivity (Wildman–Crippen MR) is 115 cm³/mol. The third-order valence-electron chi connectivity index (χ3n) is 4.42. The van der Waals surface area contributed by atoms with Crippen LogP contribution >= 0.6 is 12.2 Å². The maximum absolute atomic E-state index is 9.64. The summed E-state index contributed by atoms with van der Waals surface area (Å²) >= 11 is 4.60. The Kier molecular flexibility index (Phi) is 9.70. The minimum absolute atomic E-state index is 0.247. The largest absolute Gasteiger partial charge is 0.495 e. The first kappa shape index (κ1) is 24.1. The van der Waals surface area contributed by atoms with Crippen molar-refractivity contribution >= 4 is 29.3 Å². The first-order valence-corrected chi connectivity index (χ1v) is 9.89. The van der Waals surface area contributed by atoms with Crippen molar-refractivity contribution in [2.75, 3.05) is 7.11 Å². The zero-order chi connectivity index (χ0) is 22.6. The van der Waals surface area contributed by atoms with Crippen molar-refractivity contribution in [2.24, 2.45) is 4.99 Å². The quantitative estimate of drug-likeness (QED) is 0.441. The molecule has 164 valence electrons. The Morgan fingerprint density at radius 2 is 1.84 bits per heavy atom. The van der Waals surface area contributed by atoms with Gasteiger partial charge in [0.05, 0.1) is 61.5 Å². The number of aromatic nitrogens is 2. The predicted octanol–water partition coefficient (Wildman–Crippen LogP) is 3.24. The molecule has 2 N–H and O–H groups in total. The summed E-state index contributed by atoms with van der Waals surface area (Å²) in [7, 11) is 1.62. The van der Waals surface area contributed by atoms with Crippen LogP contribution in [0.15, 0.2) is 41.7 Å². The lowest BCUT2D eigenvalue weighted by atomic mass is 9.90. The molecule has 1 aliphatic carbocycles. The summed E-state index contributed by atoms with van der Waals surface area (Å²) in [5.74, 6) is -1.41. The smallest absolute Gasteiger partial charge is 0.303 e. The normalized spacial score (nSPS) is 16.7. The van der Waals surface area contributed by atoms with Crippen LogP contribution in [0.3, 0.4) is 0 Å². The van der Waals surface area contributed by atoms with E-state index in [1.54, 1.807) is 13.3 Å². The maximum atomic E-state index is 9.64. The topological polar surface area (TPSA) is 131 Å². The van der Waals surface area contributed by atoms with Gasteiger partial charge in [-0.2, -0.15) is 0 Å². The van der Waals surface area contributed by atoms with Crippen LogP contribution in [0.25, 0.3) is 11.3 Å². The van der Waals surface area contributed by atoms with Crippen molar-refractivity contribution in [1.82, 2.24) is 9.97 Å². The third kappa shape index (κ3) is 8.59. The highest BCUT2D eigenvalue weighted by molar-refractivity contribution is 7.78. The Morgan fingerprint density at radius 1 is 1.13 bits per heavy atom. The van der Waals surface area contributed by atoms with Gasteiger partial charge in [-0.15, -0.1) is 0 Å². The molecule has 1 fully saturated rings. The Hall–Kier alpha value is -3.20. The number of isothiocyanates is 1. The summed E-state index contributed by atoms with van der Waals surface area (Å²) in [6.45, 7) is 0.509. The van der Waals surface area contributed by atoms with E-state index < -0.39 is 11.9 Å². The summed E-state index contributed by atoms with van der Waals surface area (Å²) in [5, 5.41) is 18.2. The molecular formula is C21H23N3O6S. The summed E-state index contributed by atoms with van der Waals surface area (Å²) < 4.78 is 10.9. The molecule has 0 aromatic carbocycles. The Bertz CT molecular complexity index is 894. The summed E-state index contributed by atoms with van der Waals surface area (Å²) in [5.41, 5.74) is 2.74. The van der Waals surface area contributed by atoms with E-state index in [0.29, 0.717) is 6.61 Å². The number of thiocarbonyl (C=S) groups is 1. The molecule has 0 unspecified atom stereocenters. The number of nitrogens with zero attached hydrogens (tertiary/aromatic N) is 3. The van der Waals surface area contributed by atoms with E-state index in [-0.39, 0.29) is 25.0 Å². The second-order valence-corrected chi connectivity index (χ2v) is 6.87. The fourth-order valence-electron chi connectivity index (χ4n) is 2.60. The molecular weight excluding hydrogens is 422 g/mol. The highest BCUT2D eigenvalue weighted by Gasteiger charge is 2.29. The number of carboxylic acids is 2. The fourth-order valence-corrected chi connectivity index (χ4v) is 2.75. The van der Waals surface area contributed by atoms with E-state index in [1.165, 1.54) is 0 Å². The highest BCUT2D eigenvalue weighted by atomic mass is 32.1. The molecule has 0 bridgehead atoms. The molecule has 31 heavy (non-hydrogen) atoms. The molecule has 0 atom stereocenters. The van der Waals surface area contributed by atoms with Crippen molar-refractivity contribution in [1.29, 1.82) is 0 Å². The van der Waals surface area contributed by atoms with Gasteiger partial charge < -0.3 is 19.7 Å². The van der Waals surface area contributed by atoms with Gasteiger partial charge in [0.15, 0.2) is 0 Å². The van der Waals surface area contributed by atoms with Crippen molar-refractivity contribution in [3.8, 4) is 17.0 Å². The minimum atomic E-state index is -1.08. The molecule has 0 spiro atoms. The molecule has 2 aromatic heterocycles. The van der Waals surface area contributed by atoms with Gasteiger partial charge in [0.25, 0.3) is 0 Å². The maximum Gasteiger partial charge on any atom is 0.303 e. The molecule has 1 aliphatic rings. The summed E-state index contributed by atoms with van der Waals surface area (Å²) in [6, 6.07) is 8.05.